The summed E-state index contributed by atoms with van der Waals surface area (Å²) in [6.45, 7) is 0.590. The quantitative estimate of drug-likeness (QED) is 0.798. The van der Waals surface area contributed by atoms with E-state index in [1.165, 1.54) is 5.56 Å². The second kappa shape index (κ2) is 7.64. The van der Waals surface area contributed by atoms with E-state index < -0.39 is 5.97 Å². The van der Waals surface area contributed by atoms with Gasteiger partial charge in [-0.2, -0.15) is 0 Å². The molecule has 1 N–H and O–H groups in total. The van der Waals surface area contributed by atoms with Gasteiger partial charge in [0.05, 0.1) is 11.1 Å². The van der Waals surface area contributed by atoms with E-state index in [1.807, 2.05) is 36.4 Å². The molecule has 0 aliphatic carbocycles. The van der Waals surface area contributed by atoms with Crippen molar-refractivity contribution in [1.29, 1.82) is 0 Å². The van der Waals surface area contributed by atoms with Crippen molar-refractivity contribution < 1.29 is 14.6 Å². The monoisotopic (exact) mass is 346 g/mol. The lowest BCUT2D eigenvalue weighted by Crippen LogP contribution is -2.01. The lowest BCUT2D eigenvalue weighted by molar-refractivity contribution is -0.131. The summed E-state index contributed by atoms with van der Waals surface area (Å²) in [6.07, 6.45) is 3.49. The normalized spacial score (nSPS) is 10.7. The number of hydrogen-bond donors (Lipinski definition) is 1. The van der Waals surface area contributed by atoms with Gasteiger partial charge in [-0.15, -0.1) is 0 Å². The van der Waals surface area contributed by atoms with Gasteiger partial charge >= 0.3 is 5.97 Å². The molecule has 0 aliphatic heterocycles. The molecule has 2 rings (SSSR count). The van der Waals surface area contributed by atoms with Gasteiger partial charge in [-0.1, -0.05) is 36.4 Å². The standard InChI is InChI=1S/C17H15BrO3/c18-15-12-14(7-9-17(19)20)6-8-16(15)21-11-10-13-4-2-1-3-5-13/h1-9,12H,10-11H2,(H,19,20). The number of hydrogen-bond acceptors (Lipinski definition) is 2. The molecule has 0 aliphatic rings. The fraction of sp³-hybridized carbons (Fsp3) is 0.118. The van der Waals surface area contributed by atoms with Crippen molar-refractivity contribution in [3.05, 3.63) is 70.2 Å². The van der Waals surface area contributed by atoms with Crippen molar-refractivity contribution in [2.45, 2.75) is 6.42 Å². The van der Waals surface area contributed by atoms with Crippen LogP contribution in [0, 0.1) is 0 Å². The van der Waals surface area contributed by atoms with E-state index in [2.05, 4.69) is 28.1 Å². The van der Waals surface area contributed by atoms with Gasteiger partial charge in [0.25, 0.3) is 0 Å². The third-order valence-electron chi connectivity index (χ3n) is 2.87. The van der Waals surface area contributed by atoms with E-state index in [0.29, 0.717) is 6.61 Å². The first kappa shape index (κ1) is 15.3. The van der Waals surface area contributed by atoms with Crippen LogP contribution < -0.4 is 4.74 Å². The average molecular weight is 347 g/mol. The van der Waals surface area contributed by atoms with E-state index in [1.54, 1.807) is 6.08 Å². The Bertz CT molecular complexity index is 636. The lowest BCUT2D eigenvalue weighted by atomic mass is 10.2. The van der Waals surface area contributed by atoms with Crippen molar-refractivity contribution in [1.82, 2.24) is 0 Å². The Balaban J connectivity index is 1.93. The number of rotatable bonds is 6. The molecule has 4 heteroatoms. The van der Waals surface area contributed by atoms with E-state index in [4.69, 9.17) is 9.84 Å². The summed E-state index contributed by atoms with van der Waals surface area (Å²) >= 11 is 3.43. The zero-order chi connectivity index (χ0) is 15.1. The molecule has 0 aromatic heterocycles. The molecular weight excluding hydrogens is 332 g/mol. The van der Waals surface area contributed by atoms with Crippen LogP contribution in [0.5, 0.6) is 5.75 Å². The minimum absolute atomic E-state index is 0.590. The van der Waals surface area contributed by atoms with Crippen LogP contribution in [0.2, 0.25) is 0 Å². The minimum Gasteiger partial charge on any atom is -0.492 e. The van der Waals surface area contributed by atoms with Crippen LogP contribution in [0.4, 0.5) is 0 Å². The minimum atomic E-state index is -0.964. The van der Waals surface area contributed by atoms with Gasteiger partial charge < -0.3 is 9.84 Å². The second-order valence-electron chi connectivity index (χ2n) is 4.45. The molecule has 3 nitrogen and oxygen atoms in total. The first-order chi connectivity index (χ1) is 10.1. The van der Waals surface area contributed by atoms with Crippen molar-refractivity contribution in [3.63, 3.8) is 0 Å². The molecule has 0 saturated heterocycles. The first-order valence-electron chi connectivity index (χ1n) is 6.52. The topological polar surface area (TPSA) is 46.5 Å². The van der Waals surface area contributed by atoms with Gasteiger partial charge in [0.2, 0.25) is 0 Å². The van der Waals surface area contributed by atoms with Crippen LogP contribution in [0.25, 0.3) is 6.08 Å². The van der Waals surface area contributed by atoms with Crippen LogP contribution in [0.3, 0.4) is 0 Å². The number of halogens is 1. The molecule has 0 spiro atoms. The highest BCUT2D eigenvalue weighted by Crippen LogP contribution is 2.26. The second-order valence-corrected chi connectivity index (χ2v) is 5.30. The zero-order valence-corrected chi connectivity index (χ0v) is 12.9. The molecule has 0 radical (unpaired) electrons. The third kappa shape index (κ3) is 5.08. The summed E-state index contributed by atoms with van der Waals surface area (Å²) in [4.78, 5) is 10.5. The number of carboxylic acid groups (broad SMARTS) is 1. The molecule has 0 saturated carbocycles. The molecule has 0 bridgehead atoms. The molecule has 2 aromatic rings. The van der Waals surface area contributed by atoms with Crippen molar-refractivity contribution >= 4 is 28.0 Å². The highest BCUT2D eigenvalue weighted by molar-refractivity contribution is 9.10. The van der Waals surface area contributed by atoms with Gasteiger partial charge in [0.15, 0.2) is 0 Å². The molecule has 2 aromatic carbocycles. The molecule has 0 unspecified atom stereocenters. The fourth-order valence-electron chi connectivity index (χ4n) is 1.83. The maximum absolute atomic E-state index is 10.5. The van der Waals surface area contributed by atoms with Crippen molar-refractivity contribution in [3.8, 4) is 5.75 Å². The first-order valence-corrected chi connectivity index (χ1v) is 7.32. The molecule has 21 heavy (non-hydrogen) atoms. The third-order valence-corrected chi connectivity index (χ3v) is 3.49. The molecule has 108 valence electrons. The number of benzene rings is 2. The Morgan fingerprint density at radius 3 is 2.62 bits per heavy atom. The summed E-state index contributed by atoms with van der Waals surface area (Å²) in [6, 6.07) is 15.6. The lowest BCUT2D eigenvalue weighted by Gasteiger charge is -2.09. The number of ether oxygens (including phenoxy) is 1. The Labute approximate surface area is 132 Å². The summed E-state index contributed by atoms with van der Waals surface area (Å²) in [5, 5.41) is 8.60. The van der Waals surface area contributed by atoms with E-state index in [-0.39, 0.29) is 0 Å². The van der Waals surface area contributed by atoms with Crippen LogP contribution in [-0.4, -0.2) is 17.7 Å². The predicted molar refractivity (Wildman–Crippen MR) is 86.5 cm³/mol. The maximum atomic E-state index is 10.5. The molecule has 0 amide bonds. The van der Waals surface area contributed by atoms with Gasteiger partial charge in [0, 0.05) is 12.5 Å². The Morgan fingerprint density at radius 1 is 1.19 bits per heavy atom. The largest absolute Gasteiger partial charge is 0.492 e. The van der Waals surface area contributed by atoms with Gasteiger partial charge in [-0.05, 0) is 45.3 Å². The van der Waals surface area contributed by atoms with Crippen LogP contribution in [0.15, 0.2) is 59.1 Å². The fourth-order valence-corrected chi connectivity index (χ4v) is 2.34. The van der Waals surface area contributed by atoms with Gasteiger partial charge in [-0.25, -0.2) is 4.79 Å². The number of carbonyl (C=O) groups is 1. The van der Waals surface area contributed by atoms with E-state index in [9.17, 15) is 4.79 Å². The number of carboxylic acids is 1. The van der Waals surface area contributed by atoms with Crippen molar-refractivity contribution in [2.24, 2.45) is 0 Å². The van der Waals surface area contributed by atoms with Crippen LogP contribution in [0.1, 0.15) is 11.1 Å². The molecular formula is C17H15BrO3. The van der Waals surface area contributed by atoms with E-state index in [0.717, 1.165) is 28.3 Å². The maximum Gasteiger partial charge on any atom is 0.328 e. The summed E-state index contributed by atoms with van der Waals surface area (Å²) in [7, 11) is 0. The average Bonchev–Trinajstić information content (AvgIpc) is 2.48. The van der Waals surface area contributed by atoms with Crippen molar-refractivity contribution in [2.75, 3.05) is 6.61 Å². The van der Waals surface area contributed by atoms with Gasteiger partial charge in [-0.3, -0.25) is 0 Å². The Kier molecular flexibility index (Phi) is 5.58. The predicted octanol–water partition coefficient (Wildman–Crippen LogP) is 4.17. The summed E-state index contributed by atoms with van der Waals surface area (Å²) < 4.78 is 6.54. The zero-order valence-electron chi connectivity index (χ0n) is 11.3. The highest BCUT2D eigenvalue weighted by atomic mass is 79.9. The van der Waals surface area contributed by atoms with Crippen LogP contribution >= 0.6 is 15.9 Å². The summed E-state index contributed by atoms with van der Waals surface area (Å²) in [5.74, 6) is -0.215. The highest BCUT2D eigenvalue weighted by Gasteiger charge is 2.02. The molecule has 0 heterocycles. The Morgan fingerprint density at radius 2 is 1.95 bits per heavy atom. The summed E-state index contributed by atoms with van der Waals surface area (Å²) in [5.41, 5.74) is 2.04. The Hall–Kier alpha value is -2.07. The molecule has 0 fully saturated rings. The smallest absolute Gasteiger partial charge is 0.328 e. The SMILES string of the molecule is O=C(O)C=Cc1ccc(OCCc2ccccc2)c(Br)c1. The molecule has 0 atom stereocenters. The number of aliphatic carboxylic acids is 1. The van der Waals surface area contributed by atoms with E-state index >= 15 is 0 Å². The van der Waals surface area contributed by atoms with Crippen LogP contribution in [-0.2, 0) is 11.2 Å². The van der Waals surface area contributed by atoms with Gasteiger partial charge in [0.1, 0.15) is 5.75 Å².